The molecule has 256 valence electrons. The minimum absolute atomic E-state index is 0.0797. The van der Waals surface area contributed by atoms with Crippen LogP contribution < -0.4 is 4.74 Å². The Morgan fingerprint density at radius 1 is 0.500 bits per heavy atom. The molecule has 0 amide bonds. The SMILES string of the molecule is COc1cccc(-c2c3nc(cc4ccc(cc5ccc(cc6nc2C2C7c8cc9ccccc9cc8C(c8cc9ccccc9cc87)C62)[nH]5)[nH]4)C=C3)c1. The Kier molecular flexibility index (Phi) is 6.15. The molecule has 5 heterocycles. The molecule has 0 fully saturated rings. The highest BCUT2D eigenvalue weighted by molar-refractivity contribution is 5.90. The maximum absolute atomic E-state index is 5.81. The average Bonchev–Trinajstić information content (AvgIpc) is 4.02. The lowest BCUT2D eigenvalue weighted by Crippen LogP contribution is -2.35. The minimum atomic E-state index is 0.0797. The van der Waals surface area contributed by atoms with Crippen molar-refractivity contribution in [2.24, 2.45) is 0 Å². The summed E-state index contributed by atoms with van der Waals surface area (Å²) in [7, 11) is 1.73. The Bertz CT molecular complexity index is 3010. The molecule has 3 aliphatic carbocycles. The molecule has 2 aliphatic heterocycles. The summed E-state index contributed by atoms with van der Waals surface area (Å²) in [6, 6.07) is 51.1. The highest BCUT2D eigenvalue weighted by Crippen LogP contribution is 2.67. The summed E-state index contributed by atoms with van der Waals surface area (Å²) in [4.78, 5) is 18.4. The second-order valence-corrected chi connectivity index (χ2v) is 15.1. The number of aromatic nitrogens is 4. The fourth-order valence-electron chi connectivity index (χ4n) is 9.96. The fraction of sp³-hybridized carbons (Fsp3) is 0.102. The molecule has 3 aromatic heterocycles. The molecule has 2 N–H and O–H groups in total. The highest BCUT2D eigenvalue weighted by Gasteiger charge is 2.55. The summed E-state index contributed by atoms with van der Waals surface area (Å²) in [5, 5.41) is 5.11. The van der Waals surface area contributed by atoms with Gasteiger partial charge < -0.3 is 14.7 Å². The van der Waals surface area contributed by atoms with Gasteiger partial charge in [-0.3, -0.25) is 4.98 Å². The van der Waals surface area contributed by atoms with E-state index in [2.05, 4.69) is 156 Å². The van der Waals surface area contributed by atoms with E-state index in [1.807, 2.05) is 6.07 Å². The van der Waals surface area contributed by atoms with Gasteiger partial charge in [0.25, 0.3) is 0 Å². The number of H-pyrrole nitrogens is 2. The summed E-state index contributed by atoms with van der Waals surface area (Å²) >= 11 is 0. The lowest BCUT2D eigenvalue weighted by atomic mass is 9.53. The van der Waals surface area contributed by atoms with Crippen molar-refractivity contribution in [3.05, 3.63) is 185 Å². The van der Waals surface area contributed by atoms with Gasteiger partial charge in [-0.15, -0.1) is 0 Å². The molecule has 5 aromatic carbocycles. The van der Waals surface area contributed by atoms with Crippen molar-refractivity contribution in [3.8, 4) is 16.9 Å². The van der Waals surface area contributed by atoms with Crippen LogP contribution in [-0.2, 0) is 0 Å². The Balaban J connectivity index is 1.24. The van der Waals surface area contributed by atoms with E-state index in [0.29, 0.717) is 0 Å². The topological polar surface area (TPSA) is 66.6 Å². The molecule has 0 saturated heterocycles. The second-order valence-electron chi connectivity index (χ2n) is 15.1. The van der Waals surface area contributed by atoms with Crippen molar-refractivity contribution < 1.29 is 4.74 Å². The van der Waals surface area contributed by atoms with Gasteiger partial charge in [-0.05, 0) is 116 Å². The van der Waals surface area contributed by atoms with Gasteiger partial charge in [0, 0.05) is 57.0 Å². The van der Waals surface area contributed by atoms with Gasteiger partial charge in [0.05, 0.1) is 24.2 Å². The van der Waals surface area contributed by atoms with E-state index in [4.69, 9.17) is 14.7 Å². The Hall–Kier alpha value is -6.72. The predicted molar refractivity (Wildman–Crippen MR) is 219 cm³/mol. The maximum atomic E-state index is 5.81. The number of methoxy groups -OCH3 is 1. The first-order valence-corrected chi connectivity index (χ1v) is 18.7. The van der Waals surface area contributed by atoms with Crippen LogP contribution in [0.2, 0.25) is 0 Å². The third kappa shape index (κ3) is 4.39. The van der Waals surface area contributed by atoms with E-state index in [0.717, 1.165) is 61.7 Å². The molecule has 54 heavy (non-hydrogen) atoms. The third-order valence-electron chi connectivity index (χ3n) is 12.2. The van der Waals surface area contributed by atoms with Gasteiger partial charge >= 0.3 is 0 Å². The molecule has 13 rings (SSSR count). The van der Waals surface area contributed by atoms with Crippen LogP contribution in [0.4, 0.5) is 0 Å². The van der Waals surface area contributed by atoms with Gasteiger partial charge in [0.15, 0.2) is 0 Å². The van der Waals surface area contributed by atoms with Crippen LogP contribution in [0, 0.1) is 0 Å². The molecule has 0 spiro atoms. The fourth-order valence-corrected chi connectivity index (χ4v) is 9.96. The van der Waals surface area contributed by atoms with E-state index in [1.165, 1.54) is 43.8 Å². The van der Waals surface area contributed by atoms with Crippen LogP contribution in [0.15, 0.2) is 140 Å². The van der Waals surface area contributed by atoms with Crippen LogP contribution in [0.3, 0.4) is 0 Å². The van der Waals surface area contributed by atoms with Crippen molar-refractivity contribution in [1.82, 2.24) is 19.9 Å². The number of nitrogens with one attached hydrogen (secondary N) is 2. The first kappa shape index (κ1) is 29.8. The zero-order valence-electron chi connectivity index (χ0n) is 29.5. The van der Waals surface area contributed by atoms with Crippen LogP contribution in [-0.4, -0.2) is 27.0 Å². The quantitative estimate of drug-likeness (QED) is 0.189. The largest absolute Gasteiger partial charge is 0.497 e. The number of nitrogens with zero attached hydrogens (tertiary/aromatic N) is 2. The van der Waals surface area contributed by atoms with Crippen LogP contribution >= 0.6 is 0 Å². The highest BCUT2D eigenvalue weighted by atomic mass is 16.5. The minimum Gasteiger partial charge on any atom is -0.497 e. The number of fused-ring (bicyclic) bond motifs is 10. The maximum Gasteiger partial charge on any atom is 0.119 e. The van der Waals surface area contributed by atoms with Crippen LogP contribution in [0.25, 0.3) is 66.9 Å². The summed E-state index contributed by atoms with van der Waals surface area (Å²) in [5.41, 5.74) is 15.9. The van der Waals surface area contributed by atoms with Gasteiger partial charge in [-0.25, -0.2) is 4.98 Å². The summed E-state index contributed by atoms with van der Waals surface area (Å²) < 4.78 is 5.81. The van der Waals surface area contributed by atoms with E-state index in [1.54, 1.807) is 7.11 Å². The van der Waals surface area contributed by atoms with Crippen molar-refractivity contribution in [2.75, 3.05) is 7.11 Å². The van der Waals surface area contributed by atoms with Crippen LogP contribution in [0.5, 0.6) is 5.75 Å². The van der Waals surface area contributed by atoms with Crippen molar-refractivity contribution in [2.45, 2.75) is 23.7 Å². The number of rotatable bonds is 2. The number of benzene rings is 5. The lowest BCUT2D eigenvalue weighted by Gasteiger charge is -2.48. The number of aromatic amines is 2. The van der Waals surface area contributed by atoms with E-state index in [9.17, 15) is 0 Å². The summed E-state index contributed by atoms with van der Waals surface area (Å²) in [6.45, 7) is 0. The molecular formula is C49H34N4O. The van der Waals surface area contributed by atoms with Gasteiger partial charge in [-0.2, -0.15) is 0 Å². The van der Waals surface area contributed by atoms with Crippen molar-refractivity contribution >= 4 is 55.8 Å². The first-order chi connectivity index (χ1) is 26.6. The molecule has 2 unspecified atom stereocenters. The van der Waals surface area contributed by atoms with Crippen LogP contribution in [0.1, 0.15) is 68.7 Å². The van der Waals surface area contributed by atoms with Gasteiger partial charge in [0.2, 0.25) is 0 Å². The molecule has 2 atom stereocenters. The number of hydrogen-bond acceptors (Lipinski definition) is 3. The molecule has 8 aromatic rings. The first-order valence-electron chi connectivity index (χ1n) is 18.7. The second kappa shape index (κ2) is 11.1. The van der Waals surface area contributed by atoms with Crippen molar-refractivity contribution in [1.29, 1.82) is 0 Å². The number of hydrogen-bond donors (Lipinski definition) is 2. The molecule has 10 bridgehead atoms. The van der Waals surface area contributed by atoms with Gasteiger partial charge in [0.1, 0.15) is 5.75 Å². The smallest absolute Gasteiger partial charge is 0.119 e. The lowest BCUT2D eigenvalue weighted by molar-refractivity contribution is 0.403. The van der Waals surface area contributed by atoms with Gasteiger partial charge in [-0.1, -0.05) is 84.9 Å². The predicted octanol–water partition coefficient (Wildman–Crippen LogP) is 11.6. The summed E-state index contributed by atoms with van der Waals surface area (Å²) in [6.07, 6.45) is 4.28. The van der Waals surface area contributed by atoms with E-state index < -0.39 is 0 Å². The molecule has 5 aliphatic rings. The van der Waals surface area contributed by atoms with Crippen molar-refractivity contribution in [3.63, 3.8) is 0 Å². The molecule has 5 heteroatoms. The summed E-state index contributed by atoms with van der Waals surface area (Å²) in [5.74, 6) is 1.22. The average molecular weight is 695 g/mol. The molecular weight excluding hydrogens is 661 g/mol. The number of ether oxygens (including phenoxy) is 1. The Morgan fingerprint density at radius 2 is 1.06 bits per heavy atom. The Labute approximate surface area is 311 Å². The normalized spacial score (nSPS) is 19.1. The molecule has 5 nitrogen and oxygen atoms in total. The molecule has 0 saturated carbocycles. The standard InChI is InChI=1S/C49H34N4O/c1-54-37-12-6-11-31(19-37)44-42-18-17-35(52-42)25-34-14-13-32(50-34)24-33-15-16-36(51-33)26-43-47-45-38-20-27-7-2-4-9-29(27)22-40(38)46(48(47)49(44)53-43)41-23-30-10-5-3-8-28(30)21-39(41)45/h2-26,45-48,50-51H,1H3. The monoisotopic (exact) mass is 694 g/mol. The molecule has 0 radical (unpaired) electrons. The Morgan fingerprint density at radius 3 is 1.65 bits per heavy atom. The van der Waals surface area contributed by atoms with E-state index in [-0.39, 0.29) is 23.7 Å². The third-order valence-corrected chi connectivity index (χ3v) is 12.2. The zero-order chi connectivity index (χ0) is 35.5. The van der Waals surface area contributed by atoms with E-state index >= 15 is 0 Å². The zero-order valence-corrected chi connectivity index (χ0v) is 29.5.